The van der Waals surface area contributed by atoms with Gasteiger partial charge in [0.2, 0.25) is 5.91 Å². The van der Waals surface area contributed by atoms with Crippen LogP contribution in [0.5, 0.6) is 5.75 Å². The van der Waals surface area contributed by atoms with Crippen molar-refractivity contribution in [1.29, 1.82) is 0 Å². The van der Waals surface area contributed by atoms with Crippen LogP contribution in [0.2, 0.25) is 0 Å². The first-order valence-corrected chi connectivity index (χ1v) is 9.30. The van der Waals surface area contributed by atoms with Gasteiger partial charge in [-0.15, -0.1) is 0 Å². The average molecular weight is 378 g/mol. The summed E-state index contributed by atoms with van der Waals surface area (Å²) in [4.78, 5) is 16.9. The molecule has 0 radical (unpaired) electrons. The highest BCUT2D eigenvalue weighted by Gasteiger charge is 2.17. The highest BCUT2D eigenvalue weighted by atomic mass is 16.5. The zero-order chi connectivity index (χ0) is 19.9. The maximum absolute atomic E-state index is 13.0. The minimum atomic E-state index is 0.0539. The van der Waals surface area contributed by atoms with Crippen molar-refractivity contribution in [3.63, 3.8) is 0 Å². The highest BCUT2D eigenvalue weighted by Crippen LogP contribution is 2.23. The number of benzene rings is 2. The van der Waals surface area contributed by atoms with E-state index in [2.05, 4.69) is 29.2 Å². The molecule has 0 aliphatic rings. The molecule has 1 amide bonds. The van der Waals surface area contributed by atoms with E-state index in [-0.39, 0.29) is 5.91 Å². The van der Waals surface area contributed by atoms with Gasteiger partial charge in [0.25, 0.3) is 0 Å². The second-order valence-electron chi connectivity index (χ2n) is 6.82. The van der Waals surface area contributed by atoms with Gasteiger partial charge in [-0.05, 0) is 54.1 Å². The normalized spacial score (nSPS) is 10.5. The van der Waals surface area contributed by atoms with Crippen LogP contribution >= 0.6 is 0 Å². The number of nitrogens with zero attached hydrogens (tertiary/aromatic N) is 2. The Morgan fingerprint density at radius 1 is 0.964 bits per heavy atom. The van der Waals surface area contributed by atoms with Crippen molar-refractivity contribution in [3.8, 4) is 5.75 Å². The number of furan rings is 1. The SMILES string of the molecule is COc1ccc(N(Cc2ccc(N(C)C)cc2)C(=O)CCc2ccco2)cc1. The van der Waals surface area contributed by atoms with Crippen LogP contribution in [0.3, 0.4) is 0 Å². The molecule has 2 aromatic carbocycles. The van der Waals surface area contributed by atoms with E-state index in [4.69, 9.17) is 9.15 Å². The molecule has 3 rings (SSSR count). The Kier molecular flexibility index (Phi) is 6.37. The Balaban J connectivity index is 1.79. The minimum Gasteiger partial charge on any atom is -0.497 e. The van der Waals surface area contributed by atoms with E-state index in [9.17, 15) is 4.79 Å². The summed E-state index contributed by atoms with van der Waals surface area (Å²) < 4.78 is 10.6. The standard InChI is InChI=1S/C23H26N2O3/c1-24(2)19-8-6-18(7-9-19)17-25(20-10-12-21(27-3)13-11-20)23(26)15-14-22-5-4-16-28-22/h4-13,16H,14-15,17H2,1-3H3. The molecule has 0 fully saturated rings. The van der Waals surface area contributed by atoms with Crippen molar-refractivity contribution >= 4 is 17.3 Å². The van der Waals surface area contributed by atoms with Crippen LogP contribution in [0.1, 0.15) is 17.7 Å². The summed E-state index contributed by atoms with van der Waals surface area (Å²) in [7, 11) is 5.65. The maximum atomic E-state index is 13.0. The zero-order valence-corrected chi connectivity index (χ0v) is 16.6. The molecule has 0 spiro atoms. The lowest BCUT2D eigenvalue weighted by atomic mass is 10.1. The smallest absolute Gasteiger partial charge is 0.227 e. The molecule has 0 bridgehead atoms. The van der Waals surface area contributed by atoms with Crippen LogP contribution in [0.15, 0.2) is 71.3 Å². The Hall–Kier alpha value is -3.21. The summed E-state index contributed by atoms with van der Waals surface area (Å²) in [6.07, 6.45) is 2.60. The van der Waals surface area contributed by atoms with E-state index >= 15 is 0 Å². The van der Waals surface area contributed by atoms with Crippen molar-refractivity contribution in [3.05, 3.63) is 78.3 Å². The average Bonchev–Trinajstić information content (AvgIpc) is 3.24. The van der Waals surface area contributed by atoms with Crippen molar-refractivity contribution in [1.82, 2.24) is 0 Å². The lowest BCUT2D eigenvalue weighted by Crippen LogP contribution is -2.30. The van der Waals surface area contributed by atoms with Crippen molar-refractivity contribution in [2.24, 2.45) is 0 Å². The summed E-state index contributed by atoms with van der Waals surface area (Å²) in [5, 5.41) is 0. The van der Waals surface area contributed by atoms with E-state index in [1.165, 1.54) is 0 Å². The number of hydrogen-bond donors (Lipinski definition) is 0. The molecule has 0 aliphatic carbocycles. The molecule has 1 aromatic heterocycles. The molecule has 0 unspecified atom stereocenters. The van der Waals surface area contributed by atoms with Crippen LogP contribution in [0, 0.1) is 0 Å². The van der Waals surface area contributed by atoms with Gasteiger partial charge < -0.3 is 19.0 Å². The number of ether oxygens (including phenoxy) is 1. The molecule has 28 heavy (non-hydrogen) atoms. The fraction of sp³-hybridized carbons (Fsp3) is 0.261. The molecule has 0 saturated carbocycles. The lowest BCUT2D eigenvalue weighted by molar-refractivity contribution is -0.118. The summed E-state index contributed by atoms with van der Waals surface area (Å²) >= 11 is 0. The quantitative estimate of drug-likeness (QED) is 0.578. The molecule has 5 heteroatoms. The van der Waals surface area contributed by atoms with E-state index < -0.39 is 0 Å². The van der Waals surface area contributed by atoms with Gasteiger partial charge in [0, 0.05) is 38.3 Å². The van der Waals surface area contributed by atoms with Crippen molar-refractivity contribution in [2.75, 3.05) is 31.0 Å². The molecule has 5 nitrogen and oxygen atoms in total. The molecule has 3 aromatic rings. The van der Waals surface area contributed by atoms with Crippen molar-refractivity contribution in [2.45, 2.75) is 19.4 Å². The Morgan fingerprint density at radius 3 is 2.21 bits per heavy atom. The number of anilines is 2. The second kappa shape index (κ2) is 9.13. The van der Waals surface area contributed by atoms with Gasteiger partial charge >= 0.3 is 0 Å². The number of aryl methyl sites for hydroxylation is 1. The third kappa shape index (κ3) is 4.94. The first-order chi connectivity index (χ1) is 13.6. The molecule has 0 N–H and O–H groups in total. The molecule has 1 heterocycles. The van der Waals surface area contributed by atoms with E-state index in [0.717, 1.165) is 28.4 Å². The second-order valence-corrected chi connectivity index (χ2v) is 6.82. The molecule has 0 saturated heterocycles. The molecule has 0 aliphatic heterocycles. The van der Waals surface area contributed by atoms with Gasteiger partial charge in [-0.1, -0.05) is 12.1 Å². The summed E-state index contributed by atoms with van der Waals surface area (Å²) in [6, 6.07) is 19.6. The predicted octanol–water partition coefficient (Wildman–Crippen LogP) is 4.52. The van der Waals surface area contributed by atoms with Crippen LogP contribution in [0.25, 0.3) is 0 Å². The summed E-state index contributed by atoms with van der Waals surface area (Å²) in [5.41, 5.74) is 3.05. The molecular weight excluding hydrogens is 352 g/mol. The number of carbonyl (C=O) groups excluding carboxylic acids is 1. The minimum absolute atomic E-state index is 0.0539. The number of amides is 1. The third-order valence-corrected chi connectivity index (χ3v) is 4.64. The van der Waals surface area contributed by atoms with E-state index in [1.807, 2.05) is 55.4 Å². The Morgan fingerprint density at radius 2 is 1.64 bits per heavy atom. The zero-order valence-electron chi connectivity index (χ0n) is 16.6. The first kappa shape index (κ1) is 19.5. The van der Waals surface area contributed by atoms with Gasteiger partial charge in [0.15, 0.2) is 0 Å². The number of hydrogen-bond acceptors (Lipinski definition) is 4. The fourth-order valence-electron chi connectivity index (χ4n) is 2.99. The van der Waals surface area contributed by atoms with Gasteiger partial charge in [-0.25, -0.2) is 0 Å². The Bertz CT molecular complexity index is 869. The first-order valence-electron chi connectivity index (χ1n) is 9.30. The predicted molar refractivity (Wildman–Crippen MR) is 112 cm³/mol. The van der Waals surface area contributed by atoms with Crippen LogP contribution < -0.4 is 14.5 Å². The van der Waals surface area contributed by atoms with Crippen LogP contribution in [0.4, 0.5) is 11.4 Å². The van der Waals surface area contributed by atoms with Crippen LogP contribution in [-0.4, -0.2) is 27.1 Å². The number of methoxy groups -OCH3 is 1. The van der Waals surface area contributed by atoms with Gasteiger partial charge in [0.05, 0.1) is 19.9 Å². The monoisotopic (exact) mass is 378 g/mol. The highest BCUT2D eigenvalue weighted by molar-refractivity contribution is 5.93. The fourth-order valence-corrected chi connectivity index (χ4v) is 2.99. The number of carbonyl (C=O) groups is 1. The van der Waals surface area contributed by atoms with Gasteiger partial charge in [0.1, 0.15) is 11.5 Å². The number of rotatable bonds is 8. The molecule has 0 atom stereocenters. The molecule has 146 valence electrons. The van der Waals surface area contributed by atoms with E-state index in [0.29, 0.717) is 19.4 Å². The third-order valence-electron chi connectivity index (χ3n) is 4.64. The van der Waals surface area contributed by atoms with Gasteiger partial charge in [-0.2, -0.15) is 0 Å². The van der Waals surface area contributed by atoms with E-state index in [1.54, 1.807) is 13.4 Å². The maximum Gasteiger partial charge on any atom is 0.227 e. The summed E-state index contributed by atoms with van der Waals surface area (Å²) in [5.74, 6) is 1.64. The van der Waals surface area contributed by atoms with Crippen LogP contribution in [-0.2, 0) is 17.8 Å². The lowest BCUT2D eigenvalue weighted by Gasteiger charge is -2.24. The van der Waals surface area contributed by atoms with Gasteiger partial charge in [-0.3, -0.25) is 4.79 Å². The van der Waals surface area contributed by atoms with Crippen molar-refractivity contribution < 1.29 is 13.9 Å². The Labute approximate surface area is 166 Å². The summed E-state index contributed by atoms with van der Waals surface area (Å²) in [6.45, 7) is 0.511. The molecular formula is C23H26N2O3. The largest absolute Gasteiger partial charge is 0.497 e. The topological polar surface area (TPSA) is 45.9 Å².